The zero-order valence-corrected chi connectivity index (χ0v) is 8.82. The molecule has 5 nitrogen and oxygen atoms in total. The first-order valence-corrected chi connectivity index (χ1v) is 5.79. The van der Waals surface area contributed by atoms with Crippen molar-refractivity contribution in [1.82, 2.24) is 20.1 Å². The van der Waals surface area contributed by atoms with Gasteiger partial charge in [-0.1, -0.05) is 0 Å². The van der Waals surface area contributed by atoms with Crippen LogP contribution in [0.1, 0.15) is 49.5 Å². The summed E-state index contributed by atoms with van der Waals surface area (Å²) < 4.78 is 2.15. The van der Waals surface area contributed by atoms with Gasteiger partial charge in [0.05, 0.1) is 12.2 Å². The lowest BCUT2D eigenvalue weighted by molar-refractivity contribution is 0.383. The van der Waals surface area contributed by atoms with Gasteiger partial charge in [0.15, 0.2) is 5.82 Å². The lowest BCUT2D eigenvalue weighted by Crippen LogP contribution is -2.29. The number of aryl methyl sites for hydroxylation is 1. The van der Waals surface area contributed by atoms with E-state index in [2.05, 4.69) is 20.1 Å². The van der Waals surface area contributed by atoms with Crippen LogP contribution < -0.4 is 11.1 Å². The van der Waals surface area contributed by atoms with E-state index in [0.717, 1.165) is 43.9 Å². The van der Waals surface area contributed by atoms with Crippen molar-refractivity contribution >= 4 is 0 Å². The van der Waals surface area contributed by atoms with Gasteiger partial charge in [0.2, 0.25) is 0 Å². The number of hydrogen-bond donors (Lipinski definition) is 2. The Balaban J connectivity index is 1.97. The molecule has 0 amide bonds. The normalized spacial score (nSPS) is 30.5. The second-order valence-corrected chi connectivity index (χ2v) is 4.45. The molecule has 0 aliphatic carbocycles. The van der Waals surface area contributed by atoms with Crippen molar-refractivity contribution < 1.29 is 0 Å². The van der Waals surface area contributed by atoms with Crippen LogP contribution in [0.5, 0.6) is 0 Å². The molecule has 0 spiro atoms. The summed E-state index contributed by atoms with van der Waals surface area (Å²) in [5.41, 5.74) is 6.11. The molecule has 2 aliphatic rings. The maximum atomic E-state index is 6.11. The van der Waals surface area contributed by atoms with Gasteiger partial charge in [0, 0.05) is 6.42 Å². The van der Waals surface area contributed by atoms with Crippen molar-refractivity contribution in [2.75, 3.05) is 6.54 Å². The second kappa shape index (κ2) is 3.57. The zero-order valence-electron chi connectivity index (χ0n) is 8.82. The highest BCUT2D eigenvalue weighted by Crippen LogP contribution is 2.27. The molecule has 1 saturated heterocycles. The minimum absolute atomic E-state index is 0.0844. The van der Waals surface area contributed by atoms with Crippen LogP contribution in [0.25, 0.3) is 0 Å². The van der Waals surface area contributed by atoms with Crippen LogP contribution in [0.2, 0.25) is 0 Å². The summed E-state index contributed by atoms with van der Waals surface area (Å²) >= 11 is 0. The predicted molar refractivity (Wildman–Crippen MR) is 56.2 cm³/mol. The van der Waals surface area contributed by atoms with Crippen molar-refractivity contribution in [3.8, 4) is 0 Å². The number of nitrogens with two attached hydrogens (primary N) is 1. The van der Waals surface area contributed by atoms with Gasteiger partial charge in [-0.05, 0) is 32.2 Å². The SMILES string of the molecule is NC1CCCc2nnc(C3CCCN3)n21. The average Bonchev–Trinajstić information content (AvgIpc) is 2.85. The summed E-state index contributed by atoms with van der Waals surface area (Å²) in [7, 11) is 0. The van der Waals surface area contributed by atoms with Crippen LogP contribution >= 0.6 is 0 Å². The number of nitrogens with one attached hydrogen (secondary N) is 1. The zero-order chi connectivity index (χ0) is 10.3. The Bertz CT molecular complexity index is 353. The van der Waals surface area contributed by atoms with Crippen LogP contribution in [-0.4, -0.2) is 21.3 Å². The molecule has 0 bridgehead atoms. The Hall–Kier alpha value is -0.940. The van der Waals surface area contributed by atoms with E-state index in [-0.39, 0.29) is 6.17 Å². The fraction of sp³-hybridized carbons (Fsp3) is 0.800. The van der Waals surface area contributed by atoms with Crippen molar-refractivity contribution in [2.45, 2.75) is 44.3 Å². The first kappa shape index (κ1) is 9.30. The van der Waals surface area contributed by atoms with E-state index in [0.29, 0.717) is 6.04 Å². The topological polar surface area (TPSA) is 68.8 Å². The maximum absolute atomic E-state index is 6.11. The predicted octanol–water partition coefficient (Wildman–Crippen LogP) is 0.496. The van der Waals surface area contributed by atoms with Crippen LogP contribution in [0, 0.1) is 0 Å². The first-order chi connectivity index (χ1) is 7.36. The third kappa shape index (κ3) is 1.46. The molecule has 2 aliphatic heterocycles. The lowest BCUT2D eigenvalue weighted by Gasteiger charge is -2.24. The smallest absolute Gasteiger partial charge is 0.151 e. The van der Waals surface area contributed by atoms with Crippen molar-refractivity contribution in [1.29, 1.82) is 0 Å². The summed E-state index contributed by atoms with van der Waals surface area (Å²) in [6.07, 6.45) is 5.67. The number of fused-ring (bicyclic) bond motifs is 1. The van der Waals surface area contributed by atoms with Gasteiger partial charge in [-0.3, -0.25) is 4.57 Å². The van der Waals surface area contributed by atoms with Gasteiger partial charge in [0.25, 0.3) is 0 Å². The summed E-state index contributed by atoms with van der Waals surface area (Å²) in [6, 6.07) is 0.371. The molecule has 3 heterocycles. The molecule has 82 valence electrons. The number of rotatable bonds is 1. The third-order valence-corrected chi connectivity index (χ3v) is 3.40. The molecule has 0 radical (unpaired) electrons. The molecule has 0 aromatic carbocycles. The molecule has 1 fully saturated rings. The van der Waals surface area contributed by atoms with E-state index in [4.69, 9.17) is 5.73 Å². The molecule has 1 aromatic rings. The Kier molecular flexibility index (Phi) is 2.21. The molecule has 2 atom stereocenters. The van der Waals surface area contributed by atoms with E-state index >= 15 is 0 Å². The van der Waals surface area contributed by atoms with E-state index in [1.54, 1.807) is 0 Å². The Morgan fingerprint density at radius 1 is 1.27 bits per heavy atom. The molecule has 3 N–H and O–H groups in total. The average molecular weight is 207 g/mol. The third-order valence-electron chi connectivity index (χ3n) is 3.40. The van der Waals surface area contributed by atoms with Crippen LogP contribution in [-0.2, 0) is 6.42 Å². The quantitative estimate of drug-likeness (QED) is 0.703. The van der Waals surface area contributed by atoms with Crippen LogP contribution in [0.3, 0.4) is 0 Å². The summed E-state index contributed by atoms with van der Waals surface area (Å²) in [5.74, 6) is 2.12. The minimum atomic E-state index is 0.0844. The molecular formula is C10H17N5. The Morgan fingerprint density at radius 2 is 2.20 bits per heavy atom. The largest absolute Gasteiger partial charge is 0.311 e. The molecule has 5 heteroatoms. The Labute approximate surface area is 89.1 Å². The summed E-state index contributed by atoms with van der Waals surface area (Å²) in [5, 5.41) is 12.0. The first-order valence-electron chi connectivity index (χ1n) is 5.79. The molecule has 2 unspecified atom stereocenters. The second-order valence-electron chi connectivity index (χ2n) is 4.45. The van der Waals surface area contributed by atoms with Crippen LogP contribution in [0.15, 0.2) is 0 Å². The van der Waals surface area contributed by atoms with Gasteiger partial charge >= 0.3 is 0 Å². The fourth-order valence-electron chi connectivity index (χ4n) is 2.61. The molecule has 0 saturated carbocycles. The van der Waals surface area contributed by atoms with Gasteiger partial charge < -0.3 is 11.1 Å². The monoisotopic (exact) mass is 207 g/mol. The van der Waals surface area contributed by atoms with Gasteiger partial charge in [-0.15, -0.1) is 10.2 Å². The summed E-state index contributed by atoms with van der Waals surface area (Å²) in [6.45, 7) is 1.09. The van der Waals surface area contributed by atoms with Gasteiger partial charge in [-0.2, -0.15) is 0 Å². The lowest BCUT2D eigenvalue weighted by atomic mass is 10.1. The molecule has 15 heavy (non-hydrogen) atoms. The fourth-order valence-corrected chi connectivity index (χ4v) is 2.61. The molecular weight excluding hydrogens is 190 g/mol. The Morgan fingerprint density at radius 3 is 3.00 bits per heavy atom. The van der Waals surface area contributed by atoms with Crippen LogP contribution in [0.4, 0.5) is 0 Å². The number of nitrogens with zero attached hydrogens (tertiary/aromatic N) is 3. The highest BCUT2D eigenvalue weighted by molar-refractivity contribution is 5.06. The maximum Gasteiger partial charge on any atom is 0.151 e. The highest BCUT2D eigenvalue weighted by Gasteiger charge is 2.28. The minimum Gasteiger partial charge on any atom is -0.311 e. The van der Waals surface area contributed by atoms with E-state index in [1.165, 1.54) is 6.42 Å². The van der Waals surface area contributed by atoms with Crippen molar-refractivity contribution in [2.24, 2.45) is 5.73 Å². The molecule has 1 aromatic heterocycles. The summed E-state index contributed by atoms with van der Waals surface area (Å²) in [4.78, 5) is 0. The van der Waals surface area contributed by atoms with E-state index < -0.39 is 0 Å². The highest BCUT2D eigenvalue weighted by atomic mass is 15.3. The van der Waals surface area contributed by atoms with E-state index in [9.17, 15) is 0 Å². The van der Waals surface area contributed by atoms with Crippen molar-refractivity contribution in [3.63, 3.8) is 0 Å². The molecule has 3 rings (SSSR count). The van der Waals surface area contributed by atoms with Crippen molar-refractivity contribution in [3.05, 3.63) is 11.6 Å². The van der Waals surface area contributed by atoms with Gasteiger partial charge in [-0.25, -0.2) is 0 Å². The van der Waals surface area contributed by atoms with Gasteiger partial charge in [0.1, 0.15) is 5.82 Å². The number of aromatic nitrogens is 3. The van der Waals surface area contributed by atoms with E-state index in [1.807, 2.05) is 0 Å². The standard InChI is InChI=1S/C10H17N5/c11-8-4-1-5-9-13-14-10(15(8)9)7-3-2-6-12-7/h7-8,12H,1-6,11H2. The number of hydrogen-bond acceptors (Lipinski definition) is 4.